The first-order valence-corrected chi connectivity index (χ1v) is 16.1. The van der Waals surface area contributed by atoms with Crippen molar-refractivity contribution in [2.45, 2.75) is 51.0 Å². The van der Waals surface area contributed by atoms with Crippen LogP contribution in [0.2, 0.25) is 5.15 Å². The molecule has 0 bridgehead atoms. The molecule has 1 heterocycles. The highest BCUT2D eigenvalue weighted by Crippen LogP contribution is 2.32. The lowest BCUT2D eigenvalue weighted by atomic mass is 10.0. The SMILES string of the molecule is CCCCc1nc(Cl)c(CO)n1Cc1ccc(-c2ccccc2N(C(=O)CNC(=O)C(S)Cc2ccccc2)S(=O)[O-])cc1. The first-order chi connectivity index (χ1) is 21.2. The second kappa shape index (κ2) is 16.0. The van der Waals surface area contributed by atoms with E-state index in [0.717, 1.165) is 36.2 Å². The van der Waals surface area contributed by atoms with Crippen LogP contribution in [0.4, 0.5) is 5.69 Å². The third kappa shape index (κ3) is 8.36. The molecular weight excluding hydrogens is 620 g/mol. The summed E-state index contributed by atoms with van der Waals surface area (Å²) in [5.74, 6) is -0.490. The summed E-state index contributed by atoms with van der Waals surface area (Å²) in [5, 5.41) is 12.0. The van der Waals surface area contributed by atoms with E-state index in [9.17, 15) is 23.5 Å². The number of imidazole rings is 1. The molecule has 1 aromatic heterocycles. The number of para-hydroxylation sites is 1. The van der Waals surface area contributed by atoms with Crippen molar-refractivity contribution >= 4 is 53.0 Å². The quantitative estimate of drug-likeness (QED) is 0.132. The molecule has 0 aliphatic rings. The van der Waals surface area contributed by atoms with Gasteiger partial charge in [0.1, 0.15) is 5.82 Å². The number of aliphatic hydroxyl groups excluding tert-OH is 1. The number of halogens is 1. The number of rotatable bonds is 14. The van der Waals surface area contributed by atoms with Crippen LogP contribution in [0.15, 0.2) is 78.9 Å². The number of thiol groups is 1. The molecule has 12 heteroatoms. The molecule has 4 rings (SSSR count). The van der Waals surface area contributed by atoms with E-state index >= 15 is 0 Å². The molecule has 0 radical (unpaired) electrons. The van der Waals surface area contributed by atoms with Crippen LogP contribution in [0.25, 0.3) is 11.1 Å². The summed E-state index contributed by atoms with van der Waals surface area (Å²) in [7, 11) is 0. The number of aromatic nitrogens is 2. The Morgan fingerprint density at radius 3 is 2.41 bits per heavy atom. The number of aryl methyl sites for hydroxylation is 1. The smallest absolute Gasteiger partial charge is 0.257 e. The number of hydrogen-bond donors (Lipinski definition) is 3. The Morgan fingerprint density at radius 1 is 1.07 bits per heavy atom. The number of carbonyl (C=O) groups is 2. The molecule has 2 unspecified atom stereocenters. The fourth-order valence-corrected chi connectivity index (χ4v) is 5.93. The third-order valence-electron chi connectivity index (χ3n) is 7.10. The first kappa shape index (κ1) is 33.4. The summed E-state index contributed by atoms with van der Waals surface area (Å²) in [4.78, 5) is 30.2. The highest BCUT2D eigenvalue weighted by Gasteiger charge is 2.23. The van der Waals surface area contributed by atoms with Crippen molar-refractivity contribution in [3.05, 3.63) is 107 Å². The summed E-state index contributed by atoms with van der Waals surface area (Å²) in [6.07, 6.45) is 3.03. The van der Waals surface area contributed by atoms with Crippen molar-refractivity contribution in [1.82, 2.24) is 14.9 Å². The van der Waals surface area contributed by atoms with Gasteiger partial charge in [-0.25, -0.2) is 9.29 Å². The van der Waals surface area contributed by atoms with Crippen molar-refractivity contribution in [3.8, 4) is 11.1 Å². The Bertz CT molecular complexity index is 1600. The largest absolute Gasteiger partial charge is 0.755 e. The maximum absolute atomic E-state index is 13.1. The van der Waals surface area contributed by atoms with Crippen molar-refractivity contribution in [3.63, 3.8) is 0 Å². The third-order valence-corrected chi connectivity index (χ3v) is 8.52. The molecule has 0 saturated carbocycles. The standard InChI is InChI=1S/C32H35ClN4O5S2/c1-2-3-13-29-35-31(33)27(21-38)36(29)20-23-14-16-24(17-15-23)25-11-7-8-12-26(25)37(44(41)42)30(39)19-34-32(40)28(43)18-22-9-5-4-6-10-22/h4-12,14-17,28,38,43H,2-3,13,18-21H2,1H3,(H,34,40)(H,41,42)/p-1. The number of benzene rings is 3. The highest BCUT2D eigenvalue weighted by molar-refractivity contribution is 7.82. The number of nitrogens with one attached hydrogen (secondary N) is 1. The van der Waals surface area contributed by atoms with Gasteiger partial charge in [-0.15, -0.1) is 0 Å². The Balaban J connectivity index is 1.50. The first-order valence-electron chi connectivity index (χ1n) is 14.2. The number of carbonyl (C=O) groups excluding carboxylic acids is 2. The minimum absolute atomic E-state index is 0.158. The molecular formula is C32H34ClN4O5S2-. The monoisotopic (exact) mass is 653 g/mol. The van der Waals surface area contributed by atoms with Gasteiger partial charge in [-0.05, 0) is 35.6 Å². The maximum Gasteiger partial charge on any atom is 0.257 e. The van der Waals surface area contributed by atoms with Crippen LogP contribution >= 0.6 is 24.2 Å². The Morgan fingerprint density at radius 2 is 1.75 bits per heavy atom. The van der Waals surface area contributed by atoms with E-state index in [1.54, 1.807) is 18.2 Å². The van der Waals surface area contributed by atoms with Gasteiger partial charge in [0.15, 0.2) is 5.15 Å². The minimum Gasteiger partial charge on any atom is -0.755 e. The summed E-state index contributed by atoms with van der Waals surface area (Å²) < 4.78 is 27.2. The van der Waals surface area contributed by atoms with Crippen LogP contribution in [-0.2, 0) is 46.8 Å². The summed E-state index contributed by atoms with van der Waals surface area (Å²) in [6.45, 7) is 1.78. The van der Waals surface area contributed by atoms with Crippen LogP contribution in [0.3, 0.4) is 0 Å². The Hall–Kier alpha value is -3.48. The number of aliphatic hydroxyl groups is 1. The van der Waals surface area contributed by atoms with Crippen molar-refractivity contribution < 1.29 is 23.5 Å². The molecule has 232 valence electrons. The lowest BCUT2D eigenvalue weighted by Crippen LogP contribution is -2.43. The van der Waals surface area contributed by atoms with E-state index in [1.807, 2.05) is 59.2 Å². The number of unbranched alkanes of at least 4 members (excludes halogenated alkanes) is 1. The second-order valence-corrected chi connectivity index (χ2v) is 11.9. The van der Waals surface area contributed by atoms with Gasteiger partial charge >= 0.3 is 0 Å². The average molecular weight is 654 g/mol. The second-order valence-electron chi connectivity index (χ2n) is 10.2. The van der Waals surface area contributed by atoms with E-state index in [-0.39, 0.29) is 17.4 Å². The molecule has 4 aromatic rings. The van der Waals surface area contributed by atoms with E-state index < -0.39 is 34.9 Å². The van der Waals surface area contributed by atoms with E-state index in [4.69, 9.17) is 11.6 Å². The Kier molecular flexibility index (Phi) is 12.2. The van der Waals surface area contributed by atoms with Gasteiger partial charge in [-0.2, -0.15) is 12.6 Å². The average Bonchev–Trinajstić information content (AvgIpc) is 3.32. The topological polar surface area (TPSA) is 128 Å². The van der Waals surface area contributed by atoms with Crippen molar-refractivity contribution in [1.29, 1.82) is 0 Å². The number of anilines is 1. The molecule has 0 fully saturated rings. The van der Waals surface area contributed by atoms with Crippen molar-refractivity contribution in [2.24, 2.45) is 0 Å². The summed E-state index contributed by atoms with van der Waals surface area (Å²) in [5.41, 5.74) is 3.75. The van der Waals surface area contributed by atoms with Gasteiger partial charge in [-0.1, -0.05) is 97.7 Å². The van der Waals surface area contributed by atoms with E-state index in [2.05, 4.69) is 29.9 Å². The highest BCUT2D eigenvalue weighted by atomic mass is 35.5. The normalized spacial score (nSPS) is 12.5. The molecule has 0 spiro atoms. The summed E-state index contributed by atoms with van der Waals surface area (Å²) in [6, 6.07) is 23.4. The zero-order valence-electron chi connectivity index (χ0n) is 24.2. The lowest BCUT2D eigenvalue weighted by molar-refractivity contribution is -0.124. The van der Waals surface area contributed by atoms with Crippen LogP contribution < -0.4 is 9.62 Å². The zero-order valence-corrected chi connectivity index (χ0v) is 26.7. The molecule has 0 aliphatic heterocycles. The molecule has 2 N–H and O–H groups in total. The van der Waals surface area contributed by atoms with Gasteiger partial charge in [0.05, 0.1) is 41.0 Å². The zero-order chi connectivity index (χ0) is 31.6. The maximum atomic E-state index is 13.1. The van der Waals surface area contributed by atoms with Gasteiger partial charge in [0, 0.05) is 18.5 Å². The molecule has 44 heavy (non-hydrogen) atoms. The van der Waals surface area contributed by atoms with Crippen LogP contribution in [0, 0.1) is 0 Å². The van der Waals surface area contributed by atoms with Crippen molar-refractivity contribution in [2.75, 3.05) is 10.8 Å². The molecule has 2 atom stereocenters. The van der Waals surface area contributed by atoms with Crippen LogP contribution in [-0.4, -0.2) is 47.0 Å². The number of hydrogen-bond acceptors (Lipinski definition) is 7. The van der Waals surface area contributed by atoms with Crippen LogP contribution in [0.5, 0.6) is 0 Å². The van der Waals surface area contributed by atoms with E-state index in [0.29, 0.717) is 34.1 Å². The van der Waals surface area contributed by atoms with Gasteiger partial charge in [-0.3, -0.25) is 13.8 Å². The molecule has 9 nitrogen and oxygen atoms in total. The predicted octanol–water partition coefficient (Wildman–Crippen LogP) is 4.87. The van der Waals surface area contributed by atoms with Crippen LogP contribution in [0.1, 0.15) is 42.4 Å². The fourth-order valence-electron chi connectivity index (χ4n) is 4.82. The predicted molar refractivity (Wildman–Crippen MR) is 175 cm³/mol. The molecule has 0 aliphatic carbocycles. The minimum atomic E-state index is -2.95. The molecule has 2 amide bonds. The van der Waals surface area contributed by atoms with Gasteiger partial charge in [0.2, 0.25) is 5.91 Å². The van der Waals surface area contributed by atoms with Gasteiger partial charge < -0.3 is 19.5 Å². The van der Waals surface area contributed by atoms with Gasteiger partial charge in [0.25, 0.3) is 5.91 Å². The molecule has 3 aromatic carbocycles. The Labute approximate surface area is 270 Å². The fraction of sp³-hybridized carbons (Fsp3) is 0.281. The van der Waals surface area contributed by atoms with E-state index in [1.165, 1.54) is 6.07 Å². The lowest BCUT2D eigenvalue weighted by Gasteiger charge is -2.27. The number of nitrogens with zero attached hydrogens (tertiary/aromatic N) is 3. The summed E-state index contributed by atoms with van der Waals surface area (Å²) >= 11 is 7.69. The molecule has 0 saturated heterocycles. The number of amides is 2.